The van der Waals surface area contributed by atoms with Crippen molar-refractivity contribution < 1.29 is 29.0 Å². The van der Waals surface area contributed by atoms with Crippen LogP contribution in [0.4, 0.5) is 21.0 Å². The molecule has 1 fully saturated rings. The number of nitrogens with zero attached hydrogens (tertiary/aromatic N) is 2. The molecule has 0 spiro atoms. The number of benzene rings is 2. The lowest BCUT2D eigenvalue weighted by Crippen LogP contribution is -2.48. The van der Waals surface area contributed by atoms with Crippen molar-refractivity contribution in [2.75, 3.05) is 44.5 Å². The van der Waals surface area contributed by atoms with Crippen LogP contribution >= 0.6 is 0 Å². The zero-order valence-electron chi connectivity index (χ0n) is 25.6. The zero-order valence-corrected chi connectivity index (χ0v) is 25.6. The number of urea groups is 2. The van der Waals surface area contributed by atoms with Gasteiger partial charge in [-0.3, -0.25) is 4.79 Å². The number of aliphatic hydroxyl groups excluding tert-OH is 1. The van der Waals surface area contributed by atoms with Gasteiger partial charge in [0.25, 0.3) is 0 Å². The van der Waals surface area contributed by atoms with Crippen LogP contribution < -0.4 is 25.4 Å². The van der Waals surface area contributed by atoms with E-state index < -0.39 is 12.1 Å². The van der Waals surface area contributed by atoms with Crippen LogP contribution in [-0.4, -0.2) is 84.9 Å². The van der Waals surface area contributed by atoms with E-state index in [1.165, 1.54) is 6.42 Å². The van der Waals surface area contributed by atoms with Crippen LogP contribution in [0.2, 0.25) is 0 Å². The monoisotopic (exact) mass is 595 g/mol. The first kappa shape index (κ1) is 31.9. The Balaban J connectivity index is 1.52. The average molecular weight is 596 g/mol. The summed E-state index contributed by atoms with van der Waals surface area (Å²) in [5.41, 5.74) is 1.82. The van der Waals surface area contributed by atoms with Gasteiger partial charge in [0.15, 0.2) is 0 Å². The summed E-state index contributed by atoms with van der Waals surface area (Å²) in [6.45, 7) is 4.20. The molecule has 0 bridgehead atoms. The fraction of sp³-hybridized carbons (Fsp3) is 0.531. The van der Waals surface area contributed by atoms with Crippen LogP contribution in [0.25, 0.3) is 0 Å². The van der Waals surface area contributed by atoms with E-state index >= 15 is 0 Å². The Morgan fingerprint density at radius 1 is 1.09 bits per heavy atom. The number of hydrogen-bond donors (Lipinski definition) is 4. The highest BCUT2D eigenvalue weighted by Gasteiger charge is 2.32. The Morgan fingerprint density at radius 2 is 1.79 bits per heavy atom. The van der Waals surface area contributed by atoms with Gasteiger partial charge >= 0.3 is 12.1 Å². The molecule has 1 saturated carbocycles. The molecule has 0 saturated heterocycles. The molecule has 4 rings (SSSR count). The highest BCUT2D eigenvalue weighted by molar-refractivity contribution is 5.90. The summed E-state index contributed by atoms with van der Waals surface area (Å²) in [7, 11) is 3.28. The van der Waals surface area contributed by atoms with Gasteiger partial charge in [-0.05, 0) is 62.2 Å². The maximum Gasteiger partial charge on any atom is 0.321 e. The number of aliphatic hydroxyl groups is 1. The van der Waals surface area contributed by atoms with E-state index in [9.17, 15) is 19.5 Å². The molecule has 234 valence electrons. The number of fused-ring (bicyclic) bond motifs is 1. The number of amides is 5. The van der Waals surface area contributed by atoms with Gasteiger partial charge in [0.1, 0.15) is 17.6 Å². The molecule has 1 aliphatic carbocycles. The molecule has 2 aromatic rings. The smallest absolute Gasteiger partial charge is 0.321 e. The molecular weight excluding hydrogens is 550 g/mol. The fourth-order valence-electron chi connectivity index (χ4n) is 5.57. The van der Waals surface area contributed by atoms with Crippen molar-refractivity contribution in [3.63, 3.8) is 0 Å². The molecular formula is C32H45N5O6. The minimum Gasteiger partial charge on any atom is -0.497 e. The molecule has 0 radical (unpaired) electrons. The van der Waals surface area contributed by atoms with Gasteiger partial charge in [-0.2, -0.15) is 0 Å². The first-order valence-electron chi connectivity index (χ1n) is 15.1. The molecule has 1 aliphatic heterocycles. The van der Waals surface area contributed by atoms with Gasteiger partial charge < -0.3 is 40.3 Å². The SMILES string of the molecule is COc1ccc(NC(=O)N(C)C[C@@H]2Oc3ccc(NC(=O)NC4CCCCC4)cc3CC(=O)N([C@@H](C)CO)C[C@@H]2C)cc1. The van der Waals surface area contributed by atoms with Gasteiger partial charge in [0.05, 0.1) is 32.7 Å². The van der Waals surface area contributed by atoms with Crippen molar-refractivity contribution in [1.29, 1.82) is 0 Å². The molecule has 3 atom stereocenters. The Labute approximate surface area is 253 Å². The van der Waals surface area contributed by atoms with Crippen LogP contribution in [0, 0.1) is 5.92 Å². The maximum absolute atomic E-state index is 13.5. The molecule has 4 N–H and O–H groups in total. The third kappa shape index (κ3) is 8.76. The predicted molar refractivity (Wildman–Crippen MR) is 166 cm³/mol. The number of anilines is 2. The molecule has 11 nitrogen and oxygen atoms in total. The summed E-state index contributed by atoms with van der Waals surface area (Å²) in [6.07, 6.45) is 4.97. The van der Waals surface area contributed by atoms with Crippen molar-refractivity contribution in [2.45, 2.75) is 70.6 Å². The second kappa shape index (κ2) is 15.0. The normalized spacial score (nSPS) is 19.9. The van der Waals surface area contributed by atoms with Gasteiger partial charge in [0, 0.05) is 42.5 Å². The van der Waals surface area contributed by atoms with Crippen LogP contribution in [0.3, 0.4) is 0 Å². The summed E-state index contributed by atoms with van der Waals surface area (Å²) < 4.78 is 11.7. The second-order valence-corrected chi connectivity index (χ2v) is 11.7. The first-order valence-corrected chi connectivity index (χ1v) is 15.1. The average Bonchev–Trinajstić information content (AvgIpc) is 3.04. The Morgan fingerprint density at radius 3 is 2.47 bits per heavy atom. The van der Waals surface area contributed by atoms with Crippen LogP contribution in [-0.2, 0) is 11.2 Å². The molecule has 5 amide bonds. The number of carbonyl (C=O) groups excluding carboxylic acids is 3. The van der Waals surface area contributed by atoms with E-state index in [0.29, 0.717) is 35.0 Å². The standard InChI is InChI=1S/C32H45N5O6/c1-21-18-37(22(2)20-38)30(39)17-23-16-26(34-31(40)33-24-8-6-5-7-9-24)12-15-28(23)43-29(21)19-36(3)32(41)35-25-10-13-27(42-4)14-11-25/h10-16,21-22,24,29,38H,5-9,17-20H2,1-4H3,(H,35,41)(H2,33,34,40)/t21-,22-,29-/m0/s1. The third-order valence-electron chi connectivity index (χ3n) is 8.26. The number of nitrogens with one attached hydrogen (secondary N) is 3. The van der Waals surface area contributed by atoms with Crippen LogP contribution in [0.5, 0.6) is 11.5 Å². The van der Waals surface area contributed by atoms with Crippen LogP contribution in [0.1, 0.15) is 51.5 Å². The topological polar surface area (TPSA) is 132 Å². The van der Waals surface area contributed by atoms with E-state index in [-0.39, 0.29) is 49.5 Å². The van der Waals surface area contributed by atoms with Gasteiger partial charge in [0.2, 0.25) is 5.91 Å². The molecule has 1 heterocycles. The minimum absolute atomic E-state index is 0.0483. The quantitative estimate of drug-likeness (QED) is 0.356. The maximum atomic E-state index is 13.5. The van der Waals surface area contributed by atoms with Crippen LogP contribution in [0.15, 0.2) is 42.5 Å². The first-order chi connectivity index (χ1) is 20.7. The van der Waals surface area contributed by atoms with Crippen molar-refractivity contribution in [3.8, 4) is 11.5 Å². The van der Waals surface area contributed by atoms with E-state index in [4.69, 9.17) is 9.47 Å². The minimum atomic E-state index is -0.460. The molecule has 43 heavy (non-hydrogen) atoms. The Bertz CT molecular complexity index is 1250. The van der Waals surface area contributed by atoms with E-state index in [1.54, 1.807) is 73.3 Å². The highest BCUT2D eigenvalue weighted by atomic mass is 16.5. The summed E-state index contributed by atoms with van der Waals surface area (Å²) >= 11 is 0. The van der Waals surface area contributed by atoms with Crippen molar-refractivity contribution in [3.05, 3.63) is 48.0 Å². The lowest BCUT2D eigenvalue weighted by molar-refractivity contribution is -0.134. The number of methoxy groups -OCH3 is 1. The largest absolute Gasteiger partial charge is 0.497 e. The summed E-state index contributed by atoms with van der Waals surface area (Å²) in [6, 6.07) is 11.6. The van der Waals surface area contributed by atoms with E-state index in [1.807, 2.05) is 6.92 Å². The highest BCUT2D eigenvalue weighted by Crippen LogP contribution is 2.29. The zero-order chi connectivity index (χ0) is 30.9. The number of likely N-dealkylation sites (N-methyl/N-ethyl adjacent to an activating group) is 1. The van der Waals surface area contributed by atoms with Gasteiger partial charge in [-0.1, -0.05) is 26.2 Å². The lowest BCUT2D eigenvalue weighted by Gasteiger charge is -2.34. The summed E-state index contributed by atoms with van der Waals surface area (Å²) in [5.74, 6) is 0.899. The number of hydrogen-bond acceptors (Lipinski definition) is 6. The number of ether oxygens (including phenoxy) is 2. The number of carbonyl (C=O) groups is 3. The predicted octanol–water partition coefficient (Wildman–Crippen LogP) is 4.46. The molecule has 2 aromatic carbocycles. The fourth-order valence-corrected chi connectivity index (χ4v) is 5.57. The van der Waals surface area contributed by atoms with Gasteiger partial charge in [-0.15, -0.1) is 0 Å². The Hall–Kier alpha value is -3.99. The number of rotatable bonds is 8. The van der Waals surface area contributed by atoms with E-state index in [0.717, 1.165) is 25.7 Å². The van der Waals surface area contributed by atoms with Crippen molar-refractivity contribution in [1.82, 2.24) is 15.1 Å². The van der Waals surface area contributed by atoms with E-state index in [2.05, 4.69) is 16.0 Å². The molecule has 0 aromatic heterocycles. The third-order valence-corrected chi connectivity index (χ3v) is 8.26. The van der Waals surface area contributed by atoms with Gasteiger partial charge in [-0.25, -0.2) is 9.59 Å². The molecule has 0 unspecified atom stereocenters. The Kier molecular flexibility index (Phi) is 11.1. The van der Waals surface area contributed by atoms with Crippen molar-refractivity contribution >= 4 is 29.3 Å². The summed E-state index contributed by atoms with van der Waals surface area (Å²) in [4.78, 5) is 42.5. The molecule has 11 heteroatoms. The lowest BCUT2D eigenvalue weighted by atomic mass is 9.96. The molecule has 2 aliphatic rings. The van der Waals surface area contributed by atoms with Crippen molar-refractivity contribution in [2.24, 2.45) is 5.92 Å². The second-order valence-electron chi connectivity index (χ2n) is 11.7. The summed E-state index contributed by atoms with van der Waals surface area (Å²) in [5, 5.41) is 18.8.